The van der Waals surface area contributed by atoms with Gasteiger partial charge in [0.1, 0.15) is 6.61 Å². The third-order valence-electron chi connectivity index (χ3n) is 2.48. The summed E-state index contributed by atoms with van der Waals surface area (Å²) in [6.45, 7) is 3.83. The Balaban J connectivity index is 4.34. The van der Waals surface area contributed by atoms with E-state index >= 15 is 0 Å². The summed E-state index contributed by atoms with van der Waals surface area (Å²) in [5.74, 6) is -1.21. The molecule has 0 bridgehead atoms. The summed E-state index contributed by atoms with van der Waals surface area (Å²) in [7, 11) is 4.46. The molecule has 0 unspecified atom stereocenters. The van der Waals surface area contributed by atoms with Crippen molar-refractivity contribution in [2.24, 2.45) is 5.92 Å². The smallest absolute Gasteiger partial charge is 0.331 e. The Kier molecular flexibility index (Phi) is 8.03. The number of ether oxygens (including phenoxy) is 2. The zero-order valence-electron chi connectivity index (χ0n) is 12.5. The minimum Gasteiger partial charge on any atom is -0.466 e. The molecular weight excluding hydrogens is 264 g/mol. The first-order chi connectivity index (χ1) is 9.27. The molecule has 0 aromatic carbocycles. The number of urea groups is 1. The number of nitrogens with one attached hydrogen (secondary N) is 1. The zero-order chi connectivity index (χ0) is 15.7. The first-order valence-electron chi connectivity index (χ1n) is 6.18. The zero-order valence-corrected chi connectivity index (χ0v) is 12.5. The maximum Gasteiger partial charge on any atom is 0.331 e. The lowest BCUT2D eigenvalue weighted by atomic mass is 10.1. The van der Waals surface area contributed by atoms with Crippen LogP contribution in [0.25, 0.3) is 0 Å². The molecule has 0 aromatic heterocycles. The molecule has 1 atom stereocenters. The summed E-state index contributed by atoms with van der Waals surface area (Å²) in [5, 5.41) is 2.74. The van der Waals surface area contributed by atoms with Crippen LogP contribution in [-0.4, -0.2) is 56.7 Å². The molecule has 2 amide bonds. The van der Waals surface area contributed by atoms with Crippen molar-refractivity contribution in [1.29, 1.82) is 0 Å². The number of hydrogen-bond donors (Lipinski definition) is 1. The molecule has 0 rings (SSSR count). The largest absolute Gasteiger partial charge is 0.466 e. The van der Waals surface area contributed by atoms with Gasteiger partial charge in [-0.05, 0) is 5.92 Å². The number of esters is 2. The van der Waals surface area contributed by atoms with Gasteiger partial charge in [0.15, 0.2) is 0 Å². The van der Waals surface area contributed by atoms with Crippen LogP contribution in [0.4, 0.5) is 4.79 Å². The lowest BCUT2D eigenvalue weighted by molar-refractivity contribution is -0.140. The number of amides is 2. The number of carbonyl (C=O) groups is 3. The normalized spacial score (nSPS) is 12.1. The monoisotopic (exact) mass is 286 g/mol. The highest BCUT2D eigenvalue weighted by molar-refractivity contribution is 5.91. The highest BCUT2D eigenvalue weighted by atomic mass is 16.5. The van der Waals surface area contributed by atoms with Crippen LogP contribution in [0.1, 0.15) is 13.8 Å². The fraction of sp³-hybridized carbons (Fsp3) is 0.615. The molecule has 114 valence electrons. The molecular formula is C13H22N2O5. The Bertz CT molecular complexity index is 377. The molecule has 0 aliphatic carbocycles. The average Bonchev–Trinajstić information content (AvgIpc) is 2.39. The van der Waals surface area contributed by atoms with Crippen molar-refractivity contribution >= 4 is 18.0 Å². The Hall–Kier alpha value is -2.05. The predicted octanol–water partition coefficient (Wildman–Crippen LogP) is 0.555. The van der Waals surface area contributed by atoms with E-state index in [1.54, 1.807) is 14.1 Å². The summed E-state index contributed by atoms with van der Waals surface area (Å²) < 4.78 is 9.32. The number of nitrogens with zero attached hydrogens (tertiary/aromatic N) is 1. The van der Waals surface area contributed by atoms with E-state index in [0.29, 0.717) is 0 Å². The molecule has 0 fully saturated rings. The molecule has 20 heavy (non-hydrogen) atoms. The fourth-order valence-corrected chi connectivity index (χ4v) is 1.11. The van der Waals surface area contributed by atoms with E-state index in [9.17, 15) is 14.4 Å². The SMILES string of the molecule is COC(=O)/C=C/C(=O)OC[C@@H](NC(=O)N(C)C)C(C)C. The number of rotatable bonds is 6. The quantitative estimate of drug-likeness (QED) is 0.569. The molecule has 0 heterocycles. The standard InChI is InChI=1S/C13H22N2O5/c1-9(2)10(14-13(18)15(3)4)8-20-12(17)7-6-11(16)19-5/h6-7,9-10H,8H2,1-5H3,(H,14,18)/b7-6+/t10-/m1/s1. The Morgan fingerprint density at radius 1 is 1.15 bits per heavy atom. The van der Waals surface area contributed by atoms with E-state index < -0.39 is 11.9 Å². The fourth-order valence-electron chi connectivity index (χ4n) is 1.11. The first kappa shape index (κ1) is 17.9. The molecule has 0 saturated heterocycles. The second-order valence-corrected chi connectivity index (χ2v) is 4.68. The second-order valence-electron chi connectivity index (χ2n) is 4.68. The van der Waals surface area contributed by atoms with E-state index in [4.69, 9.17) is 4.74 Å². The van der Waals surface area contributed by atoms with Crippen LogP contribution in [0.2, 0.25) is 0 Å². The van der Waals surface area contributed by atoms with Gasteiger partial charge < -0.3 is 19.7 Å². The van der Waals surface area contributed by atoms with Crippen LogP contribution in [0, 0.1) is 5.92 Å². The van der Waals surface area contributed by atoms with E-state index in [-0.39, 0.29) is 24.6 Å². The topological polar surface area (TPSA) is 84.9 Å². The lowest BCUT2D eigenvalue weighted by Crippen LogP contribution is -2.46. The minimum atomic E-state index is -0.667. The van der Waals surface area contributed by atoms with Gasteiger partial charge in [-0.3, -0.25) is 0 Å². The Morgan fingerprint density at radius 3 is 2.15 bits per heavy atom. The second kappa shape index (κ2) is 8.95. The molecule has 0 saturated carbocycles. The van der Waals surface area contributed by atoms with Crippen molar-refractivity contribution in [1.82, 2.24) is 10.2 Å². The molecule has 0 aliphatic rings. The molecule has 0 aromatic rings. The summed E-state index contributed by atoms with van der Waals surface area (Å²) in [6.07, 6.45) is 1.96. The van der Waals surface area contributed by atoms with Crippen molar-refractivity contribution in [3.8, 4) is 0 Å². The van der Waals surface area contributed by atoms with Crippen LogP contribution in [-0.2, 0) is 19.1 Å². The van der Waals surface area contributed by atoms with Gasteiger partial charge in [0.2, 0.25) is 0 Å². The maximum atomic E-state index is 11.6. The van der Waals surface area contributed by atoms with E-state index in [0.717, 1.165) is 12.2 Å². The molecule has 0 spiro atoms. The molecule has 0 aliphatic heterocycles. The lowest BCUT2D eigenvalue weighted by Gasteiger charge is -2.23. The van der Waals surface area contributed by atoms with Gasteiger partial charge in [0.25, 0.3) is 0 Å². The number of methoxy groups -OCH3 is 1. The minimum absolute atomic E-state index is 0.0294. The van der Waals surface area contributed by atoms with Crippen LogP contribution in [0.5, 0.6) is 0 Å². The third kappa shape index (κ3) is 7.40. The van der Waals surface area contributed by atoms with E-state index in [2.05, 4.69) is 10.1 Å². The van der Waals surface area contributed by atoms with Crippen LogP contribution < -0.4 is 5.32 Å². The molecule has 7 nitrogen and oxygen atoms in total. The van der Waals surface area contributed by atoms with Gasteiger partial charge in [-0.1, -0.05) is 13.8 Å². The summed E-state index contributed by atoms with van der Waals surface area (Å²) in [6, 6.07) is -0.565. The van der Waals surface area contributed by atoms with Crippen LogP contribution >= 0.6 is 0 Å². The highest BCUT2D eigenvalue weighted by Crippen LogP contribution is 2.03. The van der Waals surface area contributed by atoms with E-state index in [1.807, 2.05) is 13.8 Å². The molecule has 1 N–H and O–H groups in total. The number of hydrogen-bond acceptors (Lipinski definition) is 5. The number of carbonyl (C=O) groups excluding carboxylic acids is 3. The van der Waals surface area contributed by atoms with Gasteiger partial charge in [0.05, 0.1) is 13.2 Å². The van der Waals surface area contributed by atoms with Crippen molar-refractivity contribution in [3.63, 3.8) is 0 Å². The highest BCUT2D eigenvalue weighted by Gasteiger charge is 2.18. The van der Waals surface area contributed by atoms with Crippen LogP contribution in [0.15, 0.2) is 12.2 Å². The van der Waals surface area contributed by atoms with Crippen molar-refractivity contribution in [2.45, 2.75) is 19.9 Å². The first-order valence-corrected chi connectivity index (χ1v) is 6.18. The summed E-state index contributed by atoms with van der Waals surface area (Å²) in [4.78, 5) is 35.1. The van der Waals surface area contributed by atoms with Crippen molar-refractivity contribution in [3.05, 3.63) is 12.2 Å². The van der Waals surface area contributed by atoms with Crippen molar-refractivity contribution < 1.29 is 23.9 Å². The summed E-state index contributed by atoms with van der Waals surface area (Å²) >= 11 is 0. The van der Waals surface area contributed by atoms with Gasteiger partial charge in [-0.15, -0.1) is 0 Å². The summed E-state index contributed by atoms with van der Waals surface area (Å²) in [5.41, 5.74) is 0. The molecule has 0 radical (unpaired) electrons. The Labute approximate surface area is 118 Å². The van der Waals surface area contributed by atoms with Gasteiger partial charge in [-0.2, -0.15) is 0 Å². The maximum absolute atomic E-state index is 11.6. The van der Waals surface area contributed by atoms with Gasteiger partial charge in [-0.25, -0.2) is 14.4 Å². The third-order valence-corrected chi connectivity index (χ3v) is 2.48. The van der Waals surface area contributed by atoms with Gasteiger partial charge in [0, 0.05) is 26.2 Å². The van der Waals surface area contributed by atoms with Crippen molar-refractivity contribution in [2.75, 3.05) is 27.8 Å². The predicted molar refractivity (Wildman–Crippen MR) is 73.0 cm³/mol. The average molecular weight is 286 g/mol. The van der Waals surface area contributed by atoms with Crippen LogP contribution in [0.3, 0.4) is 0 Å². The molecule has 7 heteroatoms. The van der Waals surface area contributed by atoms with Gasteiger partial charge >= 0.3 is 18.0 Å². The Morgan fingerprint density at radius 2 is 1.70 bits per heavy atom. The van der Waals surface area contributed by atoms with E-state index in [1.165, 1.54) is 12.0 Å².